The van der Waals surface area contributed by atoms with E-state index < -0.39 is 0 Å². The Hall–Kier alpha value is -0.300. The third-order valence-corrected chi connectivity index (χ3v) is 5.30. The largest absolute Gasteiger partial charge is 0.0839 e. The second-order valence-electron chi connectivity index (χ2n) is 6.18. The van der Waals surface area contributed by atoms with Crippen LogP contribution < -0.4 is 0 Å². The molecule has 0 aliphatic rings. The normalized spacial score (nSPS) is 12.5. The summed E-state index contributed by atoms with van der Waals surface area (Å²) in [5.74, 6) is 0. The van der Waals surface area contributed by atoms with Gasteiger partial charge in [-0.15, -0.1) is 0 Å². The molecule has 0 aliphatic carbocycles. The molecule has 0 nitrogen and oxygen atoms in total. The molecule has 0 amide bonds. The molecule has 0 aliphatic heterocycles. The number of hydrogen-bond donors (Lipinski definition) is 0. The van der Waals surface area contributed by atoms with Crippen molar-refractivity contribution in [3.63, 3.8) is 0 Å². The third-order valence-electron chi connectivity index (χ3n) is 4.31. The number of halogens is 1. The predicted molar refractivity (Wildman–Crippen MR) is 99.3 cm³/mol. The van der Waals surface area contributed by atoms with Crippen molar-refractivity contribution in [3.8, 4) is 0 Å². The standard InChI is InChI=1S/C20H33Br/c1-3-5-6-7-8-9-10-11-12-13-20(21)19-16-14-18(4-2)15-17-19/h14-17,20H,3-13H2,1-2H3. The highest BCUT2D eigenvalue weighted by atomic mass is 79.9. The molecule has 21 heavy (non-hydrogen) atoms. The molecule has 0 radical (unpaired) electrons. The first-order valence-corrected chi connectivity index (χ1v) is 9.92. The van der Waals surface area contributed by atoms with Crippen LogP contribution in [0.4, 0.5) is 0 Å². The topological polar surface area (TPSA) is 0 Å². The summed E-state index contributed by atoms with van der Waals surface area (Å²) in [6, 6.07) is 9.09. The lowest BCUT2D eigenvalue weighted by atomic mass is 10.0. The molecular weight excluding hydrogens is 320 g/mol. The molecule has 0 heterocycles. The van der Waals surface area contributed by atoms with Crippen LogP contribution >= 0.6 is 15.9 Å². The summed E-state index contributed by atoms with van der Waals surface area (Å²) in [6.07, 6.45) is 15.1. The van der Waals surface area contributed by atoms with Gasteiger partial charge in [0, 0.05) is 4.83 Å². The van der Waals surface area contributed by atoms with Gasteiger partial charge in [0.15, 0.2) is 0 Å². The second-order valence-corrected chi connectivity index (χ2v) is 7.29. The van der Waals surface area contributed by atoms with E-state index in [0.717, 1.165) is 6.42 Å². The van der Waals surface area contributed by atoms with Crippen molar-refractivity contribution in [3.05, 3.63) is 35.4 Å². The lowest BCUT2D eigenvalue weighted by molar-refractivity contribution is 0.556. The molecule has 0 N–H and O–H groups in total. The van der Waals surface area contributed by atoms with Crippen molar-refractivity contribution in [2.45, 2.75) is 89.3 Å². The number of benzene rings is 1. The maximum absolute atomic E-state index is 3.84. The molecule has 1 aromatic rings. The van der Waals surface area contributed by atoms with Crippen molar-refractivity contribution in [1.82, 2.24) is 0 Å². The molecule has 0 saturated carbocycles. The van der Waals surface area contributed by atoms with E-state index >= 15 is 0 Å². The highest BCUT2D eigenvalue weighted by Crippen LogP contribution is 2.29. The first-order valence-electron chi connectivity index (χ1n) is 9.00. The Bertz CT molecular complexity index is 341. The number of alkyl halides is 1. The van der Waals surface area contributed by atoms with Crippen LogP contribution in [0.3, 0.4) is 0 Å². The van der Waals surface area contributed by atoms with Gasteiger partial charge in [-0.3, -0.25) is 0 Å². The van der Waals surface area contributed by atoms with Gasteiger partial charge in [0.05, 0.1) is 0 Å². The summed E-state index contributed by atoms with van der Waals surface area (Å²) >= 11 is 3.84. The average Bonchev–Trinajstić information content (AvgIpc) is 2.53. The van der Waals surface area contributed by atoms with Crippen LogP contribution in [0.1, 0.15) is 94.0 Å². The highest BCUT2D eigenvalue weighted by Gasteiger charge is 2.06. The maximum atomic E-state index is 3.84. The molecule has 120 valence electrons. The average molecular weight is 353 g/mol. The molecule has 0 bridgehead atoms. The summed E-state index contributed by atoms with van der Waals surface area (Å²) in [7, 11) is 0. The van der Waals surface area contributed by atoms with Gasteiger partial charge in [-0.2, -0.15) is 0 Å². The van der Waals surface area contributed by atoms with Crippen LogP contribution in [0.5, 0.6) is 0 Å². The minimum Gasteiger partial charge on any atom is -0.0839 e. The van der Waals surface area contributed by atoms with E-state index in [9.17, 15) is 0 Å². The van der Waals surface area contributed by atoms with Gasteiger partial charge >= 0.3 is 0 Å². The zero-order valence-electron chi connectivity index (χ0n) is 14.0. The Kier molecular flexibility index (Phi) is 10.9. The van der Waals surface area contributed by atoms with Gasteiger partial charge in [0.2, 0.25) is 0 Å². The fourth-order valence-electron chi connectivity index (χ4n) is 2.76. The molecule has 0 saturated heterocycles. The Morgan fingerprint density at radius 1 is 0.762 bits per heavy atom. The quantitative estimate of drug-likeness (QED) is 0.268. The van der Waals surface area contributed by atoms with E-state index in [-0.39, 0.29) is 0 Å². The number of aryl methyl sites for hydroxylation is 1. The molecule has 0 spiro atoms. The third kappa shape index (κ3) is 8.66. The van der Waals surface area contributed by atoms with Crippen LogP contribution in [-0.2, 0) is 6.42 Å². The summed E-state index contributed by atoms with van der Waals surface area (Å²) in [6.45, 7) is 4.50. The van der Waals surface area contributed by atoms with Crippen LogP contribution in [0, 0.1) is 0 Å². The van der Waals surface area contributed by atoms with Gasteiger partial charge < -0.3 is 0 Å². The van der Waals surface area contributed by atoms with Gasteiger partial charge in [-0.05, 0) is 24.0 Å². The lowest BCUT2D eigenvalue weighted by Crippen LogP contribution is -1.91. The lowest BCUT2D eigenvalue weighted by Gasteiger charge is -2.10. The van der Waals surface area contributed by atoms with Crippen LogP contribution in [0.15, 0.2) is 24.3 Å². The summed E-state index contributed by atoms with van der Waals surface area (Å²) in [5.41, 5.74) is 2.87. The van der Waals surface area contributed by atoms with Crippen LogP contribution in [-0.4, -0.2) is 0 Å². The number of hydrogen-bond acceptors (Lipinski definition) is 0. The summed E-state index contributed by atoms with van der Waals surface area (Å²) in [4.78, 5) is 0.535. The molecule has 0 fully saturated rings. The van der Waals surface area contributed by atoms with E-state index in [1.165, 1.54) is 75.3 Å². The predicted octanol–water partition coefficient (Wildman–Crippen LogP) is 7.61. The monoisotopic (exact) mass is 352 g/mol. The molecule has 0 aromatic heterocycles. The molecule has 1 rings (SSSR count). The van der Waals surface area contributed by atoms with Crippen LogP contribution in [0.25, 0.3) is 0 Å². The number of unbranched alkanes of at least 4 members (excludes halogenated alkanes) is 8. The van der Waals surface area contributed by atoms with Crippen molar-refractivity contribution >= 4 is 15.9 Å². The molecule has 1 heteroatoms. The maximum Gasteiger partial charge on any atom is 0.0395 e. The van der Waals surface area contributed by atoms with Crippen molar-refractivity contribution in [2.24, 2.45) is 0 Å². The van der Waals surface area contributed by atoms with Crippen LogP contribution in [0.2, 0.25) is 0 Å². The molecule has 1 aromatic carbocycles. The molecule has 1 atom stereocenters. The molecule has 1 unspecified atom stereocenters. The van der Waals surface area contributed by atoms with E-state index in [1.54, 1.807) is 0 Å². The van der Waals surface area contributed by atoms with E-state index in [2.05, 4.69) is 54.0 Å². The van der Waals surface area contributed by atoms with E-state index in [0.29, 0.717) is 4.83 Å². The first-order chi connectivity index (χ1) is 10.3. The SMILES string of the molecule is CCCCCCCCCCCC(Br)c1ccc(CC)cc1. The summed E-state index contributed by atoms with van der Waals surface area (Å²) in [5, 5.41) is 0. The van der Waals surface area contributed by atoms with Crippen molar-refractivity contribution in [1.29, 1.82) is 0 Å². The number of rotatable bonds is 12. The fraction of sp³-hybridized carbons (Fsp3) is 0.700. The summed E-state index contributed by atoms with van der Waals surface area (Å²) < 4.78 is 0. The minimum absolute atomic E-state index is 0.535. The van der Waals surface area contributed by atoms with Gasteiger partial charge in [-0.25, -0.2) is 0 Å². The van der Waals surface area contributed by atoms with Crippen molar-refractivity contribution in [2.75, 3.05) is 0 Å². The minimum atomic E-state index is 0.535. The van der Waals surface area contributed by atoms with E-state index in [1.807, 2.05) is 0 Å². The van der Waals surface area contributed by atoms with E-state index in [4.69, 9.17) is 0 Å². The Labute approximate surface area is 140 Å². The smallest absolute Gasteiger partial charge is 0.0395 e. The fourth-order valence-corrected chi connectivity index (χ4v) is 3.39. The van der Waals surface area contributed by atoms with Crippen molar-refractivity contribution < 1.29 is 0 Å². The first kappa shape index (κ1) is 18.7. The highest BCUT2D eigenvalue weighted by molar-refractivity contribution is 9.09. The Morgan fingerprint density at radius 2 is 1.29 bits per heavy atom. The zero-order chi connectivity index (χ0) is 15.3. The second kappa shape index (κ2) is 12.3. The van der Waals surface area contributed by atoms with Gasteiger partial charge in [-0.1, -0.05) is 112 Å². The van der Waals surface area contributed by atoms with Gasteiger partial charge in [0.25, 0.3) is 0 Å². The van der Waals surface area contributed by atoms with Gasteiger partial charge in [0.1, 0.15) is 0 Å². The Balaban J connectivity index is 2.03. The Morgan fingerprint density at radius 3 is 1.81 bits per heavy atom. The zero-order valence-corrected chi connectivity index (χ0v) is 15.6. The molecular formula is C20H33Br.